The first-order chi connectivity index (χ1) is 15.4. The minimum absolute atomic E-state index is 0.219. The summed E-state index contributed by atoms with van der Waals surface area (Å²) < 4.78 is 16.3. The highest BCUT2D eigenvalue weighted by Gasteiger charge is 2.37. The van der Waals surface area contributed by atoms with Crippen LogP contribution in [0.25, 0.3) is 0 Å². The molecule has 1 heterocycles. The Morgan fingerprint density at radius 3 is 2.00 bits per heavy atom. The van der Waals surface area contributed by atoms with Gasteiger partial charge in [0, 0.05) is 23.7 Å². The minimum atomic E-state index is -0.688. The van der Waals surface area contributed by atoms with E-state index in [9.17, 15) is 9.59 Å². The predicted octanol–water partition coefficient (Wildman–Crippen LogP) is 4.81. The Balaban J connectivity index is 2.22. The lowest BCUT2D eigenvalue weighted by Gasteiger charge is -2.31. The van der Waals surface area contributed by atoms with Crippen molar-refractivity contribution in [3.63, 3.8) is 0 Å². The highest BCUT2D eigenvalue weighted by atomic mass is 16.5. The number of hydrogen-bond acceptors (Lipinski definition) is 6. The molecular weight excluding hydrogens is 406 g/mol. The first-order valence-corrected chi connectivity index (χ1v) is 10.7. The molecule has 0 N–H and O–H groups in total. The van der Waals surface area contributed by atoms with Crippen molar-refractivity contribution in [2.24, 2.45) is 0 Å². The van der Waals surface area contributed by atoms with Gasteiger partial charge in [0.15, 0.2) is 0 Å². The average Bonchev–Trinajstić information content (AvgIpc) is 2.80. The third-order valence-electron chi connectivity index (χ3n) is 5.44. The zero-order chi connectivity index (χ0) is 23.3. The van der Waals surface area contributed by atoms with Gasteiger partial charge in [-0.3, -0.25) is 0 Å². The number of esters is 2. The molecule has 2 aromatic carbocycles. The number of para-hydroxylation sites is 1. The topological polar surface area (TPSA) is 65.1 Å². The van der Waals surface area contributed by atoms with Gasteiger partial charge < -0.3 is 19.1 Å². The molecule has 168 valence electrons. The largest absolute Gasteiger partial charge is 0.496 e. The smallest absolute Gasteiger partial charge is 0.336 e. The molecule has 0 saturated heterocycles. The second-order valence-electron chi connectivity index (χ2n) is 7.46. The van der Waals surface area contributed by atoms with E-state index in [0.717, 1.165) is 16.8 Å². The minimum Gasteiger partial charge on any atom is -0.496 e. The van der Waals surface area contributed by atoms with E-state index in [2.05, 4.69) is 0 Å². The third kappa shape index (κ3) is 4.69. The second kappa shape index (κ2) is 10.2. The molecule has 6 heteroatoms. The molecule has 2 aromatic rings. The van der Waals surface area contributed by atoms with Crippen LogP contribution in [-0.4, -0.2) is 32.3 Å². The third-order valence-corrected chi connectivity index (χ3v) is 5.44. The van der Waals surface area contributed by atoms with Gasteiger partial charge in [0.2, 0.25) is 0 Å². The monoisotopic (exact) mass is 435 g/mol. The van der Waals surface area contributed by atoms with E-state index in [-0.39, 0.29) is 13.2 Å². The van der Waals surface area contributed by atoms with Crippen LogP contribution < -0.4 is 9.64 Å². The van der Waals surface area contributed by atoms with Gasteiger partial charge in [-0.2, -0.15) is 0 Å². The van der Waals surface area contributed by atoms with Crippen LogP contribution in [0.3, 0.4) is 0 Å². The van der Waals surface area contributed by atoms with Gasteiger partial charge in [-0.15, -0.1) is 0 Å². The number of rotatable bonds is 7. The molecule has 0 unspecified atom stereocenters. The van der Waals surface area contributed by atoms with Crippen molar-refractivity contribution in [1.82, 2.24) is 0 Å². The molecule has 0 saturated carbocycles. The number of benzene rings is 2. The van der Waals surface area contributed by atoms with Gasteiger partial charge in [0.25, 0.3) is 0 Å². The van der Waals surface area contributed by atoms with E-state index in [1.165, 1.54) is 0 Å². The van der Waals surface area contributed by atoms with Crippen molar-refractivity contribution in [3.05, 3.63) is 82.7 Å². The van der Waals surface area contributed by atoms with E-state index in [1.54, 1.807) is 44.3 Å². The maximum atomic E-state index is 13.1. The fourth-order valence-corrected chi connectivity index (χ4v) is 3.70. The van der Waals surface area contributed by atoms with Gasteiger partial charge in [0.05, 0.1) is 37.4 Å². The number of nitrogens with zero attached hydrogens (tertiary/aromatic N) is 1. The van der Waals surface area contributed by atoms with Crippen LogP contribution in [0.4, 0.5) is 5.69 Å². The van der Waals surface area contributed by atoms with E-state index < -0.39 is 17.9 Å². The summed E-state index contributed by atoms with van der Waals surface area (Å²) in [4.78, 5) is 27.9. The number of methoxy groups -OCH3 is 1. The summed E-state index contributed by atoms with van der Waals surface area (Å²) >= 11 is 0. The molecule has 0 aromatic heterocycles. The lowest BCUT2D eigenvalue weighted by molar-refractivity contribution is -0.139. The Bertz CT molecular complexity index is 1030. The Morgan fingerprint density at radius 1 is 0.875 bits per heavy atom. The maximum absolute atomic E-state index is 13.1. The normalized spacial score (nSPS) is 13.8. The van der Waals surface area contributed by atoms with Gasteiger partial charge in [-0.1, -0.05) is 24.3 Å². The molecule has 1 aliphatic rings. The fraction of sp³-hybridized carbons (Fsp3) is 0.308. The predicted molar refractivity (Wildman–Crippen MR) is 124 cm³/mol. The number of hydrogen-bond donors (Lipinski definition) is 0. The van der Waals surface area contributed by atoms with Crippen molar-refractivity contribution >= 4 is 17.6 Å². The van der Waals surface area contributed by atoms with E-state index >= 15 is 0 Å². The molecular formula is C26H29NO5. The van der Waals surface area contributed by atoms with Gasteiger partial charge in [0.1, 0.15) is 5.75 Å². The van der Waals surface area contributed by atoms with Crippen molar-refractivity contribution < 1.29 is 23.8 Å². The van der Waals surface area contributed by atoms with Gasteiger partial charge >= 0.3 is 11.9 Å². The van der Waals surface area contributed by atoms with Gasteiger partial charge in [-0.25, -0.2) is 9.59 Å². The van der Waals surface area contributed by atoms with Crippen LogP contribution in [0.1, 0.15) is 36.5 Å². The zero-order valence-electron chi connectivity index (χ0n) is 19.2. The summed E-state index contributed by atoms with van der Waals surface area (Å²) in [5.74, 6) is -1.10. The first-order valence-electron chi connectivity index (χ1n) is 10.7. The Hall–Kier alpha value is -3.54. The van der Waals surface area contributed by atoms with Crippen LogP contribution in [0, 0.1) is 13.8 Å². The molecule has 0 atom stereocenters. The number of anilines is 1. The second-order valence-corrected chi connectivity index (χ2v) is 7.46. The van der Waals surface area contributed by atoms with Crippen molar-refractivity contribution in [3.8, 4) is 5.75 Å². The number of carbonyl (C=O) groups excluding carboxylic acids is 2. The summed E-state index contributed by atoms with van der Waals surface area (Å²) in [6.45, 7) is 8.00. The maximum Gasteiger partial charge on any atom is 0.336 e. The van der Waals surface area contributed by atoms with Crippen LogP contribution in [0.2, 0.25) is 0 Å². The van der Waals surface area contributed by atoms with E-state index in [0.29, 0.717) is 22.5 Å². The lowest BCUT2D eigenvalue weighted by Crippen LogP contribution is -2.29. The Kier molecular flexibility index (Phi) is 7.36. The highest BCUT2D eigenvalue weighted by Crippen LogP contribution is 2.42. The van der Waals surface area contributed by atoms with E-state index in [1.807, 2.05) is 50.2 Å². The SMILES string of the molecule is CCOC(=O)C1=CN(c2ccc(C)c(C)c2)C=C(C(=O)OCC)C1c1ccccc1OC. The molecule has 0 aliphatic carbocycles. The molecule has 3 rings (SSSR count). The van der Waals surface area contributed by atoms with Crippen LogP contribution >= 0.6 is 0 Å². The van der Waals surface area contributed by atoms with Gasteiger partial charge in [-0.05, 0) is 57.0 Å². The number of ether oxygens (including phenoxy) is 3. The molecule has 0 radical (unpaired) electrons. The fourth-order valence-electron chi connectivity index (χ4n) is 3.70. The molecule has 1 aliphatic heterocycles. The number of carbonyl (C=O) groups is 2. The molecule has 0 spiro atoms. The summed E-state index contributed by atoms with van der Waals surface area (Å²) in [6, 6.07) is 13.3. The van der Waals surface area contributed by atoms with Crippen molar-refractivity contribution in [1.29, 1.82) is 0 Å². The highest BCUT2D eigenvalue weighted by molar-refractivity contribution is 6.00. The molecule has 0 amide bonds. The average molecular weight is 436 g/mol. The van der Waals surface area contributed by atoms with Crippen LogP contribution in [0.15, 0.2) is 66.0 Å². The van der Waals surface area contributed by atoms with Crippen LogP contribution in [-0.2, 0) is 19.1 Å². The molecule has 6 nitrogen and oxygen atoms in total. The summed E-state index contributed by atoms with van der Waals surface area (Å²) in [7, 11) is 1.56. The molecule has 32 heavy (non-hydrogen) atoms. The summed E-state index contributed by atoms with van der Waals surface area (Å²) in [6.07, 6.45) is 3.45. The first kappa shape index (κ1) is 23.1. The lowest BCUT2D eigenvalue weighted by atomic mass is 9.82. The quantitative estimate of drug-likeness (QED) is 0.582. The van der Waals surface area contributed by atoms with E-state index in [4.69, 9.17) is 14.2 Å². The van der Waals surface area contributed by atoms with Crippen molar-refractivity contribution in [2.45, 2.75) is 33.6 Å². The Labute approximate surface area is 189 Å². The summed E-state index contributed by atoms with van der Waals surface area (Å²) in [5, 5.41) is 0. The number of aryl methyl sites for hydroxylation is 2. The Morgan fingerprint density at radius 2 is 1.47 bits per heavy atom. The van der Waals surface area contributed by atoms with Crippen molar-refractivity contribution in [2.75, 3.05) is 25.2 Å². The zero-order valence-corrected chi connectivity index (χ0v) is 19.2. The standard InChI is InChI=1S/C26H29NO5/c1-6-31-25(28)21-15-27(19-13-12-17(3)18(4)14-19)16-22(26(29)32-7-2)24(21)20-10-8-9-11-23(20)30-5/h8-16,24H,6-7H2,1-5H3. The molecule has 0 bridgehead atoms. The van der Waals surface area contributed by atoms with Crippen LogP contribution in [0.5, 0.6) is 5.75 Å². The summed E-state index contributed by atoms with van der Waals surface area (Å²) in [5.41, 5.74) is 4.44. The molecule has 0 fully saturated rings.